The van der Waals surface area contributed by atoms with Crippen LogP contribution in [0, 0.1) is 12.7 Å². The summed E-state index contributed by atoms with van der Waals surface area (Å²) in [5, 5.41) is 0. The normalized spacial score (nSPS) is 15.7. The molecule has 1 aliphatic rings. The molecule has 0 unspecified atom stereocenters. The van der Waals surface area contributed by atoms with Crippen LogP contribution in [0.5, 0.6) is 0 Å². The summed E-state index contributed by atoms with van der Waals surface area (Å²) in [6.45, 7) is 3.31. The van der Waals surface area contributed by atoms with E-state index in [1.165, 1.54) is 28.8 Å². The van der Waals surface area contributed by atoms with Gasteiger partial charge in [0, 0.05) is 44.6 Å². The number of halogens is 1. The molecule has 7 nitrogen and oxygen atoms in total. The van der Waals surface area contributed by atoms with Gasteiger partial charge in [-0.25, -0.2) is 22.8 Å². The zero-order valence-corrected chi connectivity index (χ0v) is 16.2. The van der Waals surface area contributed by atoms with Crippen LogP contribution in [0.2, 0.25) is 0 Å². The third-order valence-electron chi connectivity index (χ3n) is 4.82. The Morgan fingerprint density at radius 1 is 0.964 bits per heavy atom. The van der Waals surface area contributed by atoms with Crippen molar-refractivity contribution < 1.29 is 12.8 Å². The van der Waals surface area contributed by atoms with E-state index in [0.717, 1.165) is 11.6 Å². The maximum Gasteiger partial charge on any atom is 0.243 e. The highest BCUT2D eigenvalue weighted by molar-refractivity contribution is 7.89. The number of benzene rings is 1. The van der Waals surface area contributed by atoms with Gasteiger partial charge in [0.15, 0.2) is 0 Å². The highest BCUT2D eigenvalue weighted by atomic mass is 32.2. The molecular weight excluding hydrogens is 381 g/mol. The van der Waals surface area contributed by atoms with Crippen molar-refractivity contribution in [2.45, 2.75) is 11.8 Å². The van der Waals surface area contributed by atoms with Crippen molar-refractivity contribution in [2.75, 3.05) is 31.1 Å². The Labute approximate surface area is 163 Å². The second-order valence-corrected chi connectivity index (χ2v) is 8.53. The third-order valence-corrected chi connectivity index (χ3v) is 6.88. The van der Waals surface area contributed by atoms with Gasteiger partial charge in [0.25, 0.3) is 0 Å². The van der Waals surface area contributed by atoms with Crippen LogP contribution < -0.4 is 4.90 Å². The Morgan fingerprint density at radius 3 is 2.32 bits per heavy atom. The molecule has 9 heteroatoms. The van der Waals surface area contributed by atoms with E-state index in [2.05, 4.69) is 9.97 Å². The predicted octanol–water partition coefficient (Wildman–Crippen LogP) is 2.23. The van der Waals surface area contributed by atoms with Crippen LogP contribution in [0.4, 0.5) is 10.2 Å². The lowest BCUT2D eigenvalue weighted by Crippen LogP contribution is -2.49. The number of aryl methyl sites for hydroxylation is 1. The summed E-state index contributed by atoms with van der Waals surface area (Å²) >= 11 is 0. The molecule has 0 N–H and O–H groups in total. The van der Waals surface area contributed by atoms with Gasteiger partial charge < -0.3 is 9.47 Å². The van der Waals surface area contributed by atoms with E-state index in [0.29, 0.717) is 31.7 Å². The Bertz CT molecular complexity index is 1080. The van der Waals surface area contributed by atoms with E-state index in [-0.39, 0.29) is 4.90 Å². The van der Waals surface area contributed by atoms with Crippen molar-refractivity contribution in [2.24, 2.45) is 0 Å². The lowest BCUT2D eigenvalue weighted by molar-refractivity contribution is 0.383. The zero-order valence-electron chi connectivity index (χ0n) is 15.4. The lowest BCUT2D eigenvalue weighted by atomic mass is 10.2. The average Bonchev–Trinajstić information content (AvgIpc) is 3.23. The predicted molar refractivity (Wildman–Crippen MR) is 103 cm³/mol. The van der Waals surface area contributed by atoms with Gasteiger partial charge in [0.05, 0.1) is 4.90 Å². The second-order valence-electron chi connectivity index (χ2n) is 6.63. The quantitative estimate of drug-likeness (QED) is 0.670. The first-order chi connectivity index (χ1) is 13.4. The Hall–Kier alpha value is -2.78. The molecule has 4 rings (SSSR count). The topological polar surface area (TPSA) is 71.3 Å². The molecule has 0 amide bonds. The van der Waals surface area contributed by atoms with Crippen molar-refractivity contribution in [3.05, 3.63) is 66.5 Å². The second kappa shape index (κ2) is 7.33. The number of rotatable bonds is 4. The summed E-state index contributed by atoms with van der Waals surface area (Å²) in [4.78, 5) is 10.8. The molecule has 1 saturated heterocycles. The Morgan fingerprint density at radius 2 is 1.64 bits per heavy atom. The molecule has 0 radical (unpaired) electrons. The third kappa shape index (κ3) is 3.50. The monoisotopic (exact) mass is 401 g/mol. The van der Waals surface area contributed by atoms with E-state index < -0.39 is 15.8 Å². The van der Waals surface area contributed by atoms with Crippen molar-refractivity contribution in [1.29, 1.82) is 0 Å². The fourth-order valence-corrected chi connectivity index (χ4v) is 4.97. The minimum absolute atomic E-state index is 0.152. The maximum absolute atomic E-state index is 13.3. The van der Waals surface area contributed by atoms with E-state index in [4.69, 9.17) is 0 Å². The minimum Gasteiger partial charge on any atom is -0.354 e. The number of hydrogen-bond donors (Lipinski definition) is 0. The van der Waals surface area contributed by atoms with Crippen molar-refractivity contribution in [3.63, 3.8) is 0 Å². The molecule has 1 aromatic carbocycles. The fourth-order valence-electron chi connectivity index (χ4n) is 3.34. The summed E-state index contributed by atoms with van der Waals surface area (Å²) in [5.74, 6) is 1.07. The molecule has 0 spiro atoms. The number of aromatic nitrogens is 3. The van der Waals surface area contributed by atoms with Gasteiger partial charge >= 0.3 is 0 Å². The lowest BCUT2D eigenvalue weighted by Gasteiger charge is -2.34. The molecule has 0 bridgehead atoms. The highest BCUT2D eigenvalue weighted by Crippen LogP contribution is 2.23. The molecule has 28 heavy (non-hydrogen) atoms. The van der Waals surface area contributed by atoms with Gasteiger partial charge in [-0.05, 0) is 42.8 Å². The van der Waals surface area contributed by atoms with E-state index in [1.54, 1.807) is 6.92 Å². The van der Waals surface area contributed by atoms with E-state index in [1.807, 2.05) is 40.1 Å². The SMILES string of the molecule is Cc1cc(F)ccc1S(=O)(=O)N1CCN(c2cc(-n3cccc3)ncn2)CC1. The number of sulfonamides is 1. The zero-order chi connectivity index (χ0) is 19.7. The van der Waals surface area contributed by atoms with E-state index >= 15 is 0 Å². The molecule has 146 valence electrons. The molecule has 2 aromatic heterocycles. The summed E-state index contributed by atoms with van der Waals surface area (Å²) in [6.07, 6.45) is 5.32. The number of anilines is 1. The smallest absolute Gasteiger partial charge is 0.243 e. The summed E-state index contributed by atoms with van der Waals surface area (Å²) < 4.78 is 42.5. The first-order valence-electron chi connectivity index (χ1n) is 8.92. The van der Waals surface area contributed by atoms with Gasteiger partial charge in [0.1, 0.15) is 23.8 Å². The van der Waals surface area contributed by atoms with Crippen LogP contribution in [0.15, 0.2) is 60.0 Å². The largest absolute Gasteiger partial charge is 0.354 e. The fraction of sp³-hybridized carbons (Fsp3) is 0.263. The number of piperazine rings is 1. The maximum atomic E-state index is 13.3. The van der Waals surface area contributed by atoms with Crippen LogP contribution in [-0.4, -0.2) is 53.4 Å². The van der Waals surface area contributed by atoms with Crippen LogP contribution in [0.25, 0.3) is 5.82 Å². The molecular formula is C19H20FN5O2S. The van der Waals surface area contributed by atoms with Crippen molar-refractivity contribution >= 4 is 15.8 Å². The average molecular weight is 401 g/mol. The molecule has 0 saturated carbocycles. The van der Waals surface area contributed by atoms with Crippen molar-refractivity contribution in [3.8, 4) is 5.82 Å². The Kier molecular flexibility index (Phi) is 4.86. The molecule has 3 heterocycles. The minimum atomic E-state index is -3.66. The summed E-state index contributed by atoms with van der Waals surface area (Å²) in [6, 6.07) is 9.48. The first-order valence-corrected chi connectivity index (χ1v) is 10.4. The molecule has 3 aromatic rings. The van der Waals surface area contributed by atoms with Gasteiger partial charge in [-0.15, -0.1) is 0 Å². The van der Waals surface area contributed by atoms with Crippen molar-refractivity contribution in [1.82, 2.24) is 18.8 Å². The molecule has 0 atom stereocenters. The van der Waals surface area contributed by atoms with Gasteiger partial charge in [-0.3, -0.25) is 0 Å². The van der Waals surface area contributed by atoms with Crippen LogP contribution in [0.1, 0.15) is 5.56 Å². The number of nitrogens with zero attached hydrogens (tertiary/aromatic N) is 5. The van der Waals surface area contributed by atoms with Crippen LogP contribution in [0.3, 0.4) is 0 Å². The van der Waals surface area contributed by atoms with Gasteiger partial charge in [0.2, 0.25) is 10.0 Å². The number of hydrogen-bond acceptors (Lipinski definition) is 5. The van der Waals surface area contributed by atoms with Gasteiger partial charge in [-0.1, -0.05) is 0 Å². The molecule has 0 aliphatic carbocycles. The standard InChI is InChI=1S/C19H20FN5O2S/c1-15-12-16(20)4-5-17(15)28(26,27)25-10-8-24(9-11-25)19-13-18(21-14-22-19)23-6-2-3-7-23/h2-7,12-14H,8-11H2,1H3. The molecule has 1 aliphatic heterocycles. The van der Waals surface area contributed by atoms with Gasteiger partial charge in [-0.2, -0.15) is 4.31 Å². The highest BCUT2D eigenvalue weighted by Gasteiger charge is 2.30. The van der Waals surface area contributed by atoms with E-state index in [9.17, 15) is 12.8 Å². The summed E-state index contributed by atoms with van der Waals surface area (Å²) in [7, 11) is -3.66. The summed E-state index contributed by atoms with van der Waals surface area (Å²) in [5.41, 5.74) is 0.412. The van der Waals surface area contributed by atoms with Crippen LogP contribution >= 0.6 is 0 Å². The molecule has 1 fully saturated rings. The Balaban J connectivity index is 1.50. The van der Waals surface area contributed by atoms with Crippen LogP contribution in [-0.2, 0) is 10.0 Å². The first kappa shape index (κ1) is 18.6.